The lowest BCUT2D eigenvalue weighted by atomic mass is 9.77. The van der Waals surface area contributed by atoms with E-state index in [1.165, 1.54) is 0 Å². The van der Waals surface area contributed by atoms with Crippen LogP contribution < -0.4 is 5.46 Å². The van der Waals surface area contributed by atoms with Gasteiger partial charge in [0.2, 0.25) is 0 Å². The van der Waals surface area contributed by atoms with E-state index in [0.29, 0.717) is 0 Å². The quantitative estimate of drug-likeness (QED) is 0.521. The van der Waals surface area contributed by atoms with Gasteiger partial charge < -0.3 is 13.7 Å². The molecular formula is C21H36BBrO3Si. The molecule has 1 aromatic rings. The van der Waals surface area contributed by atoms with Gasteiger partial charge in [0.15, 0.2) is 8.32 Å². The van der Waals surface area contributed by atoms with Crippen LogP contribution in [0.15, 0.2) is 22.7 Å². The maximum atomic E-state index is 6.78. The maximum absolute atomic E-state index is 6.78. The summed E-state index contributed by atoms with van der Waals surface area (Å²) in [5.41, 5.74) is 1.04. The Morgan fingerprint density at radius 2 is 1.44 bits per heavy atom. The zero-order chi connectivity index (χ0) is 21.1. The molecule has 3 nitrogen and oxygen atoms in total. The Kier molecular flexibility index (Phi) is 5.98. The molecule has 1 fully saturated rings. The van der Waals surface area contributed by atoms with Crippen molar-refractivity contribution in [2.24, 2.45) is 0 Å². The normalized spacial score (nSPS) is 20.2. The molecule has 1 aromatic carbocycles. The Morgan fingerprint density at radius 1 is 0.963 bits per heavy atom. The Bertz CT molecular complexity index is 692. The van der Waals surface area contributed by atoms with Gasteiger partial charge in [-0.25, -0.2) is 0 Å². The van der Waals surface area contributed by atoms with E-state index in [9.17, 15) is 0 Å². The third-order valence-corrected chi connectivity index (χ3v) is 11.8. The highest BCUT2D eigenvalue weighted by atomic mass is 79.9. The molecule has 1 aliphatic rings. The maximum Gasteiger partial charge on any atom is 0.494 e. The van der Waals surface area contributed by atoms with Crippen molar-refractivity contribution in [3.05, 3.63) is 28.2 Å². The highest BCUT2D eigenvalue weighted by molar-refractivity contribution is 9.10. The second-order valence-corrected chi connectivity index (χ2v) is 16.3. The molecule has 2 rings (SSSR count). The molecule has 1 saturated heterocycles. The molecule has 0 saturated carbocycles. The predicted octanol–water partition coefficient (Wildman–Crippen LogP) is 6.01. The van der Waals surface area contributed by atoms with Gasteiger partial charge in [-0.15, -0.1) is 0 Å². The Labute approximate surface area is 176 Å². The summed E-state index contributed by atoms with van der Waals surface area (Å²) in [6.07, 6.45) is 0. The molecule has 6 heteroatoms. The van der Waals surface area contributed by atoms with Gasteiger partial charge in [-0.3, -0.25) is 0 Å². The standard InChI is InChI=1S/C21H36BBrO3Si/c1-18(2,3)27(10,11)26-19(4,5)16-14-15(12-13-17(16)23)22-24-20(6,7)21(8,9)25-22/h12-14H,1-11H3. The third kappa shape index (κ3) is 4.55. The lowest BCUT2D eigenvalue weighted by Crippen LogP contribution is -2.46. The fourth-order valence-corrected chi connectivity index (χ4v) is 5.39. The van der Waals surface area contributed by atoms with Gasteiger partial charge in [0.1, 0.15) is 0 Å². The molecule has 1 aliphatic heterocycles. The predicted molar refractivity (Wildman–Crippen MR) is 121 cm³/mol. The van der Waals surface area contributed by atoms with Crippen molar-refractivity contribution in [3.63, 3.8) is 0 Å². The van der Waals surface area contributed by atoms with Crippen LogP contribution in [0.4, 0.5) is 0 Å². The average Bonchev–Trinajstić information content (AvgIpc) is 2.65. The summed E-state index contributed by atoms with van der Waals surface area (Å²) in [6.45, 7) is 24.0. The lowest BCUT2D eigenvalue weighted by molar-refractivity contribution is 0.00578. The number of halogens is 1. The van der Waals surface area contributed by atoms with E-state index in [4.69, 9.17) is 13.7 Å². The van der Waals surface area contributed by atoms with Crippen LogP contribution in [0.25, 0.3) is 0 Å². The van der Waals surface area contributed by atoms with E-state index in [1.54, 1.807) is 0 Å². The summed E-state index contributed by atoms with van der Waals surface area (Å²) < 4.78 is 20.3. The van der Waals surface area contributed by atoms with Crippen LogP contribution in [0.1, 0.15) is 67.9 Å². The molecule has 0 aromatic heterocycles. The molecule has 0 atom stereocenters. The molecule has 0 N–H and O–H groups in total. The van der Waals surface area contributed by atoms with Crippen molar-refractivity contribution in [1.82, 2.24) is 0 Å². The van der Waals surface area contributed by atoms with Crippen LogP contribution in [0, 0.1) is 0 Å². The summed E-state index contributed by atoms with van der Waals surface area (Å²) in [6, 6.07) is 6.31. The Balaban J connectivity index is 2.38. The van der Waals surface area contributed by atoms with Crippen LogP contribution in [0.5, 0.6) is 0 Å². The minimum absolute atomic E-state index is 0.153. The van der Waals surface area contributed by atoms with Gasteiger partial charge in [-0.05, 0) is 76.8 Å². The largest absolute Gasteiger partial charge is 0.494 e. The first-order chi connectivity index (χ1) is 11.9. The average molecular weight is 455 g/mol. The molecule has 0 spiro atoms. The lowest BCUT2D eigenvalue weighted by Gasteiger charge is -2.43. The minimum Gasteiger partial charge on any atom is -0.408 e. The van der Waals surface area contributed by atoms with Crippen molar-refractivity contribution < 1.29 is 13.7 Å². The van der Waals surface area contributed by atoms with E-state index in [0.717, 1.165) is 15.5 Å². The van der Waals surface area contributed by atoms with Gasteiger partial charge in [0.05, 0.1) is 16.8 Å². The van der Waals surface area contributed by atoms with Crippen molar-refractivity contribution in [2.45, 2.75) is 97.2 Å². The molecule has 1 heterocycles. The highest BCUT2D eigenvalue weighted by Crippen LogP contribution is 2.43. The summed E-state index contributed by atoms with van der Waals surface area (Å²) in [5, 5.41) is 0.153. The zero-order valence-corrected chi connectivity index (χ0v) is 21.5. The van der Waals surface area contributed by atoms with Crippen LogP contribution in [0.3, 0.4) is 0 Å². The Hall–Kier alpha value is -0.138. The van der Waals surface area contributed by atoms with Crippen LogP contribution >= 0.6 is 15.9 Å². The second kappa shape index (κ2) is 6.98. The van der Waals surface area contributed by atoms with E-state index in [1.807, 2.05) is 0 Å². The fraction of sp³-hybridized carbons (Fsp3) is 0.714. The van der Waals surface area contributed by atoms with Crippen molar-refractivity contribution in [2.75, 3.05) is 0 Å². The summed E-state index contributed by atoms with van der Waals surface area (Å²) in [4.78, 5) is 0. The van der Waals surface area contributed by atoms with Crippen molar-refractivity contribution in [3.8, 4) is 0 Å². The number of rotatable bonds is 4. The Morgan fingerprint density at radius 3 is 1.89 bits per heavy atom. The molecule has 0 radical (unpaired) electrons. The highest BCUT2D eigenvalue weighted by Gasteiger charge is 2.52. The molecule has 0 aliphatic carbocycles. The van der Waals surface area contributed by atoms with Crippen molar-refractivity contribution >= 4 is 36.8 Å². The van der Waals surface area contributed by atoms with Gasteiger partial charge in [0.25, 0.3) is 0 Å². The van der Waals surface area contributed by atoms with Gasteiger partial charge in [-0.2, -0.15) is 0 Å². The van der Waals surface area contributed by atoms with Gasteiger partial charge in [-0.1, -0.05) is 48.8 Å². The van der Waals surface area contributed by atoms with Gasteiger partial charge >= 0.3 is 7.12 Å². The van der Waals surface area contributed by atoms with Gasteiger partial charge in [0, 0.05) is 4.47 Å². The zero-order valence-electron chi connectivity index (χ0n) is 18.9. The number of benzene rings is 1. The van der Waals surface area contributed by atoms with E-state index in [-0.39, 0.29) is 23.4 Å². The smallest absolute Gasteiger partial charge is 0.408 e. The van der Waals surface area contributed by atoms with E-state index in [2.05, 4.69) is 110 Å². The SMILES string of the molecule is CC(C)(O[Si](C)(C)C(C)(C)C)c1cc(B2OC(C)(C)C(C)(C)O2)ccc1Br. The first-order valence-electron chi connectivity index (χ1n) is 9.75. The first-order valence-corrected chi connectivity index (χ1v) is 13.5. The summed E-state index contributed by atoms with van der Waals surface area (Å²) in [5.74, 6) is 0. The number of hydrogen-bond acceptors (Lipinski definition) is 3. The third-order valence-electron chi connectivity index (χ3n) is 6.48. The van der Waals surface area contributed by atoms with E-state index >= 15 is 0 Å². The molecule has 152 valence electrons. The molecule has 27 heavy (non-hydrogen) atoms. The van der Waals surface area contributed by atoms with Crippen LogP contribution in [0.2, 0.25) is 18.1 Å². The second-order valence-electron chi connectivity index (χ2n) is 10.7. The van der Waals surface area contributed by atoms with E-state index < -0.39 is 13.9 Å². The monoisotopic (exact) mass is 454 g/mol. The molecule has 0 unspecified atom stereocenters. The molecule has 0 bridgehead atoms. The molecular weight excluding hydrogens is 419 g/mol. The minimum atomic E-state index is -1.92. The number of hydrogen-bond donors (Lipinski definition) is 0. The topological polar surface area (TPSA) is 27.7 Å². The first kappa shape index (κ1) is 23.1. The summed E-state index contributed by atoms with van der Waals surface area (Å²) >= 11 is 3.73. The summed E-state index contributed by atoms with van der Waals surface area (Å²) in [7, 11) is -2.29. The van der Waals surface area contributed by atoms with Crippen molar-refractivity contribution in [1.29, 1.82) is 0 Å². The van der Waals surface area contributed by atoms with Crippen LogP contribution in [-0.2, 0) is 19.3 Å². The fourth-order valence-electron chi connectivity index (χ4n) is 2.98. The molecule has 0 amide bonds. The van der Waals surface area contributed by atoms with Crippen LogP contribution in [-0.4, -0.2) is 26.6 Å².